The maximum Gasteiger partial charge on any atom is 0.261 e. The number of methoxy groups -OCH3 is 1. The standard InChI is InChI=1S/C14H13BrN2O3/c1-20-12-7-11-8(6-10(12)15)5-9(13(18)16-11)14(19)17-3-2-4-17/h5-7H,2-4H2,1H3,(H,16,18). The van der Waals surface area contributed by atoms with Gasteiger partial charge in [-0.1, -0.05) is 0 Å². The molecule has 0 atom stereocenters. The van der Waals surface area contributed by atoms with E-state index in [4.69, 9.17) is 4.74 Å². The summed E-state index contributed by atoms with van der Waals surface area (Å²) in [6.45, 7) is 1.45. The molecular formula is C14H13BrN2O3. The van der Waals surface area contributed by atoms with Gasteiger partial charge in [0.15, 0.2) is 0 Å². The summed E-state index contributed by atoms with van der Waals surface area (Å²) < 4.78 is 5.97. The second-order valence-electron chi connectivity index (χ2n) is 4.73. The van der Waals surface area contributed by atoms with Gasteiger partial charge in [0.2, 0.25) is 0 Å². The molecule has 2 heterocycles. The molecule has 20 heavy (non-hydrogen) atoms. The highest BCUT2D eigenvalue weighted by Crippen LogP contribution is 2.29. The second kappa shape index (κ2) is 4.94. The minimum absolute atomic E-state index is 0.189. The summed E-state index contributed by atoms with van der Waals surface area (Å²) in [6.07, 6.45) is 1.000. The van der Waals surface area contributed by atoms with Gasteiger partial charge in [-0.25, -0.2) is 0 Å². The predicted molar refractivity (Wildman–Crippen MR) is 79.3 cm³/mol. The maximum absolute atomic E-state index is 12.2. The van der Waals surface area contributed by atoms with E-state index in [9.17, 15) is 9.59 Å². The van der Waals surface area contributed by atoms with Gasteiger partial charge in [0.25, 0.3) is 11.5 Å². The Morgan fingerprint density at radius 2 is 2.10 bits per heavy atom. The molecule has 2 aromatic rings. The topological polar surface area (TPSA) is 62.4 Å². The number of halogens is 1. The van der Waals surface area contributed by atoms with Crippen molar-refractivity contribution in [3.63, 3.8) is 0 Å². The zero-order valence-corrected chi connectivity index (χ0v) is 12.5. The lowest BCUT2D eigenvalue weighted by Crippen LogP contribution is -2.43. The van der Waals surface area contributed by atoms with Gasteiger partial charge in [-0.05, 0) is 34.5 Å². The number of nitrogens with zero attached hydrogens (tertiary/aromatic N) is 1. The van der Waals surface area contributed by atoms with E-state index in [1.807, 2.05) is 6.07 Å². The highest BCUT2D eigenvalue weighted by atomic mass is 79.9. The van der Waals surface area contributed by atoms with E-state index in [-0.39, 0.29) is 17.0 Å². The van der Waals surface area contributed by atoms with Gasteiger partial charge in [-0.3, -0.25) is 9.59 Å². The van der Waals surface area contributed by atoms with Crippen molar-refractivity contribution < 1.29 is 9.53 Å². The van der Waals surface area contributed by atoms with Crippen molar-refractivity contribution in [1.29, 1.82) is 0 Å². The van der Waals surface area contributed by atoms with E-state index in [0.717, 1.165) is 29.4 Å². The van der Waals surface area contributed by atoms with Crippen LogP contribution in [0.3, 0.4) is 0 Å². The van der Waals surface area contributed by atoms with Crippen LogP contribution in [0.15, 0.2) is 27.5 Å². The van der Waals surface area contributed by atoms with Crippen molar-refractivity contribution in [3.8, 4) is 5.75 Å². The van der Waals surface area contributed by atoms with Crippen LogP contribution in [0.5, 0.6) is 5.75 Å². The highest BCUT2D eigenvalue weighted by Gasteiger charge is 2.24. The lowest BCUT2D eigenvalue weighted by atomic mass is 10.1. The van der Waals surface area contributed by atoms with E-state index < -0.39 is 0 Å². The molecule has 0 saturated carbocycles. The Morgan fingerprint density at radius 3 is 2.70 bits per heavy atom. The normalized spacial score (nSPS) is 14.2. The van der Waals surface area contributed by atoms with Gasteiger partial charge in [0.05, 0.1) is 17.1 Å². The first kappa shape index (κ1) is 13.2. The molecule has 0 aliphatic carbocycles. The molecule has 1 aromatic carbocycles. The first-order valence-corrected chi connectivity index (χ1v) is 7.09. The Bertz CT molecular complexity index is 750. The monoisotopic (exact) mass is 336 g/mol. The molecule has 0 radical (unpaired) electrons. The zero-order chi connectivity index (χ0) is 14.3. The summed E-state index contributed by atoms with van der Waals surface area (Å²) in [5.41, 5.74) is 0.475. The van der Waals surface area contributed by atoms with Crippen LogP contribution >= 0.6 is 15.9 Å². The van der Waals surface area contributed by atoms with Gasteiger partial charge < -0.3 is 14.6 Å². The van der Waals surface area contributed by atoms with Crippen LogP contribution in [0.25, 0.3) is 10.9 Å². The van der Waals surface area contributed by atoms with Crippen molar-refractivity contribution in [1.82, 2.24) is 9.88 Å². The Labute approximate surface area is 123 Å². The van der Waals surface area contributed by atoms with Gasteiger partial charge in [0, 0.05) is 24.5 Å². The molecule has 1 aliphatic rings. The quantitative estimate of drug-likeness (QED) is 0.913. The molecule has 104 valence electrons. The van der Waals surface area contributed by atoms with Crippen LogP contribution in [0.1, 0.15) is 16.8 Å². The summed E-state index contributed by atoms with van der Waals surface area (Å²) in [6, 6.07) is 5.20. The van der Waals surface area contributed by atoms with Gasteiger partial charge >= 0.3 is 0 Å². The summed E-state index contributed by atoms with van der Waals surface area (Å²) >= 11 is 3.40. The lowest BCUT2D eigenvalue weighted by Gasteiger charge is -2.30. The fourth-order valence-electron chi connectivity index (χ4n) is 2.21. The molecule has 1 fully saturated rings. The van der Waals surface area contributed by atoms with Crippen molar-refractivity contribution in [2.45, 2.75) is 6.42 Å². The summed E-state index contributed by atoms with van der Waals surface area (Å²) in [5, 5.41) is 0.793. The first-order valence-electron chi connectivity index (χ1n) is 6.30. The maximum atomic E-state index is 12.2. The Kier molecular flexibility index (Phi) is 3.25. The number of likely N-dealkylation sites (tertiary alicyclic amines) is 1. The van der Waals surface area contributed by atoms with Crippen molar-refractivity contribution in [2.24, 2.45) is 0 Å². The zero-order valence-electron chi connectivity index (χ0n) is 10.9. The number of carbonyl (C=O) groups excluding carboxylic acids is 1. The summed E-state index contributed by atoms with van der Waals surface area (Å²) in [7, 11) is 1.56. The van der Waals surface area contributed by atoms with Gasteiger partial charge in [0.1, 0.15) is 11.3 Å². The fraction of sp³-hybridized carbons (Fsp3) is 0.286. The third-order valence-electron chi connectivity index (χ3n) is 3.49. The number of rotatable bonds is 2. The van der Waals surface area contributed by atoms with Crippen LogP contribution < -0.4 is 10.3 Å². The number of hydrogen-bond donors (Lipinski definition) is 1. The molecule has 6 heteroatoms. The molecule has 0 bridgehead atoms. The Morgan fingerprint density at radius 1 is 1.35 bits per heavy atom. The second-order valence-corrected chi connectivity index (χ2v) is 5.59. The molecule has 0 unspecified atom stereocenters. The number of pyridine rings is 1. The van der Waals surface area contributed by atoms with Crippen molar-refractivity contribution >= 4 is 32.7 Å². The molecule has 0 spiro atoms. The number of hydrogen-bond acceptors (Lipinski definition) is 3. The number of nitrogens with one attached hydrogen (secondary N) is 1. The number of benzene rings is 1. The van der Waals surface area contributed by atoms with E-state index >= 15 is 0 Å². The molecule has 5 nitrogen and oxygen atoms in total. The Balaban J connectivity index is 2.13. The van der Waals surface area contributed by atoms with Crippen molar-refractivity contribution in [2.75, 3.05) is 20.2 Å². The summed E-state index contributed by atoms with van der Waals surface area (Å²) in [5.74, 6) is 0.432. The van der Waals surface area contributed by atoms with E-state index in [1.165, 1.54) is 0 Å². The lowest BCUT2D eigenvalue weighted by molar-refractivity contribution is 0.0650. The molecule has 1 aliphatic heterocycles. The number of amides is 1. The Hall–Kier alpha value is -1.82. The first-order chi connectivity index (χ1) is 9.60. The van der Waals surface area contributed by atoms with Crippen LogP contribution in [0.2, 0.25) is 0 Å². The SMILES string of the molecule is COc1cc2[nH]c(=O)c(C(=O)N3CCC3)cc2cc1Br. The number of aromatic nitrogens is 1. The van der Waals surface area contributed by atoms with E-state index in [0.29, 0.717) is 11.3 Å². The third kappa shape index (κ3) is 2.10. The van der Waals surface area contributed by atoms with Crippen LogP contribution in [-0.4, -0.2) is 36.0 Å². The average Bonchev–Trinajstić information content (AvgIpc) is 2.35. The smallest absolute Gasteiger partial charge is 0.261 e. The number of fused-ring (bicyclic) bond motifs is 1. The molecular weight excluding hydrogens is 324 g/mol. The van der Waals surface area contributed by atoms with E-state index in [2.05, 4.69) is 20.9 Å². The third-order valence-corrected chi connectivity index (χ3v) is 4.11. The largest absolute Gasteiger partial charge is 0.495 e. The van der Waals surface area contributed by atoms with E-state index in [1.54, 1.807) is 24.1 Å². The van der Waals surface area contributed by atoms with Crippen LogP contribution in [-0.2, 0) is 0 Å². The number of aromatic amines is 1. The fourth-order valence-corrected chi connectivity index (χ4v) is 2.74. The summed E-state index contributed by atoms with van der Waals surface area (Å²) in [4.78, 5) is 28.6. The molecule has 1 amide bonds. The minimum Gasteiger partial charge on any atom is -0.495 e. The number of carbonyl (C=O) groups is 1. The van der Waals surface area contributed by atoms with Crippen molar-refractivity contribution in [3.05, 3.63) is 38.6 Å². The number of ether oxygens (including phenoxy) is 1. The average molecular weight is 337 g/mol. The molecule has 3 rings (SSSR count). The molecule has 1 saturated heterocycles. The van der Waals surface area contributed by atoms with Gasteiger partial charge in [-0.2, -0.15) is 0 Å². The minimum atomic E-state index is -0.362. The van der Waals surface area contributed by atoms with Gasteiger partial charge in [-0.15, -0.1) is 0 Å². The predicted octanol–water partition coefficient (Wildman–Crippen LogP) is 2.15. The van der Waals surface area contributed by atoms with Crippen LogP contribution in [0, 0.1) is 0 Å². The molecule has 1 N–H and O–H groups in total. The van der Waals surface area contributed by atoms with Crippen LogP contribution in [0.4, 0.5) is 0 Å². The molecule has 1 aromatic heterocycles. The number of H-pyrrole nitrogens is 1. The highest BCUT2D eigenvalue weighted by molar-refractivity contribution is 9.10.